The summed E-state index contributed by atoms with van der Waals surface area (Å²) < 4.78 is 0. The van der Waals surface area contributed by atoms with E-state index >= 15 is 0 Å². The maximum Gasteiger partial charge on any atom is 0.116 e. The molecule has 0 fully saturated rings. The van der Waals surface area contributed by atoms with Crippen LogP contribution in [-0.4, -0.2) is 5.11 Å². The Morgan fingerprint density at radius 3 is 2.88 bits per heavy atom. The molecule has 0 saturated carbocycles. The van der Waals surface area contributed by atoms with Crippen molar-refractivity contribution in [3.63, 3.8) is 0 Å². The van der Waals surface area contributed by atoms with Crippen molar-refractivity contribution >= 4 is 17.0 Å². The zero-order valence-electron chi connectivity index (χ0n) is 9.73. The summed E-state index contributed by atoms with van der Waals surface area (Å²) in [6, 6.07) is 7.89. The first-order chi connectivity index (χ1) is 8.09. The molecule has 0 aliphatic heterocycles. The van der Waals surface area contributed by atoms with Gasteiger partial charge in [0.2, 0.25) is 0 Å². The highest BCUT2D eigenvalue weighted by Crippen LogP contribution is 2.43. The van der Waals surface area contributed by atoms with Gasteiger partial charge >= 0.3 is 0 Å². The van der Waals surface area contributed by atoms with Crippen LogP contribution >= 0.6 is 11.3 Å². The molecule has 0 radical (unpaired) electrons. The number of fused-ring (bicyclic) bond motifs is 1. The molecule has 88 valence electrons. The van der Waals surface area contributed by atoms with E-state index in [9.17, 15) is 5.11 Å². The minimum Gasteiger partial charge on any atom is -0.399 e. The van der Waals surface area contributed by atoms with Crippen LogP contribution in [0.5, 0.6) is 0 Å². The molecule has 1 heterocycles. The second-order valence-electron chi connectivity index (χ2n) is 4.72. The van der Waals surface area contributed by atoms with Crippen LogP contribution < -0.4 is 5.73 Å². The highest BCUT2D eigenvalue weighted by molar-refractivity contribution is 7.10. The van der Waals surface area contributed by atoms with Gasteiger partial charge in [-0.25, -0.2) is 0 Å². The second kappa shape index (κ2) is 3.59. The Morgan fingerprint density at radius 2 is 2.18 bits per heavy atom. The second-order valence-corrected chi connectivity index (χ2v) is 5.84. The summed E-state index contributed by atoms with van der Waals surface area (Å²) in [4.78, 5) is 1.23. The molecule has 0 amide bonds. The fourth-order valence-electron chi connectivity index (χ4n) is 2.63. The van der Waals surface area contributed by atoms with Gasteiger partial charge in [0.05, 0.1) is 0 Å². The normalized spacial score (nSPS) is 22.7. The van der Waals surface area contributed by atoms with Crippen LogP contribution in [0.2, 0.25) is 0 Å². The number of thiophene rings is 1. The molecule has 3 rings (SSSR count). The number of nitrogens with two attached hydrogens (primary N) is 1. The lowest BCUT2D eigenvalue weighted by Gasteiger charge is -2.23. The Morgan fingerprint density at radius 1 is 1.35 bits per heavy atom. The number of aliphatic hydroxyl groups is 1. The van der Waals surface area contributed by atoms with E-state index in [4.69, 9.17) is 5.73 Å². The Hall–Kier alpha value is -1.32. The molecule has 1 unspecified atom stereocenters. The first-order valence-electron chi connectivity index (χ1n) is 5.76. The first-order valence-corrected chi connectivity index (χ1v) is 6.64. The van der Waals surface area contributed by atoms with Crippen molar-refractivity contribution in [2.45, 2.75) is 25.4 Å². The zero-order chi connectivity index (χ0) is 12.0. The molecule has 0 bridgehead atoms. The van der Waals surface area contributed by atoms with Gasteiger partial charge in [0.25, 0.3) is 0 Å². The topological polar surface area (TPSA) is 46.2 Å². The van der Waals surface area contributed by atoms with Crippen molar-refractivity contribution in [1.29, 1.82) is 0 Å². The Kier molecular flexibility index (Phi) is 2.28. The molecule has 1 aliphatic rings. The van der Waals surface area contributed by atoms with Crippen LogP contribution in [0, 0.1) is 6.92 Å². The van der Waals surface area contributed by atoms with Crippen LogP contribution in [0.25, 0.3) is 0 Å². The number of benzene rings is 1. The molecule has 2 aromatic rings. The number of hydrogen-bond donors (Lipinski definition) is 2. The van der Waals surface area contributed by atoms with Gasteiger partial charge < -0.3 is 10.8 Å². The maximum absolute atomic E-state index is 10.9. The largest absolute Gasteiger partial charge is 0.399 e. The number of nitrogen functional groups attached to an aromatic ring is 1. The van der Waals surface area contributed by atoms with E-state index in [1.54, 1.807) is 11.3 Å². The van der Waals surface area contributed by atoms with E-state index in [-0.39, 0.29) is 0 Å². The number of anilines is 1. The molecular weight excluding hydrogens is 230 g/mol. The molecule has 3 heteroatoms. The molecule has 17 heavy (non-hydrogen) atoms. The average molecular weight is 245 g/mol. The highest BCUT2D eigenvalue weighted by Gasteiger charge is 2.38. The fourth-order valence-corrected chi connectivity index (χ4v) is 3.41. The predicted octanol–water partition coefficient (Wildman–Crippen LogP) is 2.82. The summed E-state index contributed by atoms with van der Waals surface area (Å²) in [6.07, 6.45) is 1.65. The van der Waals surface area contributed by atoms with E-state index in [1.165, 1.54) is 10.4 Å². The summed E-state index contributed by atoms with van der Waals surface area (Å²) >= 11 is 1.68. The lowest BCUT2D eigenvalue weighted by atomic mass is 9.89. The Bertz CT molecular complexity index is 575. The monoisotopic (exact) mass is 245 g/mol. The average Bonchev–Trinajstić information content (AvgIpc) is 2.85. The SMILES string of the molecule is Cc1cc(C2(O)CCc3cc(N)ccc32)cs1. The van der Waals surface area contributed by atoms with Gasteiger partial charge in [0.1, 0.15) is 5.60 Å². The number of hydrogen-bond acceptors (Lipinski definition) is 3. The van der Waals surface area contributed by atoms with Gasteiger partial charge in [-0.05, 0) is 60.0 Å². The van der Waals surface area contributed by atoms with Crippen molar-refractivity contribution < 1.29 is 5.11 Å². The van der Waals surface area contributed by atoms with Crippen LogP contribution in [0.1, 0.15) is 28.0 Å². The van der Waals surface area contributed by atoms with E-state index in [0.29, 0.717) is 0 Å². The van der Waals surface area contributed by atoms with Crippen molar-refractivity contribution in [3.8, 4) is 0 Å². The predicted molar refractivity (Wildman–Crippen MR) is 71.2 cm³/mol. The van der Waals surface area contributed by atoms with E-state index < -0.39 is 5.60 Å². The van der Waals surface area contributed by atoms with Crippen LogP contribution in [0.15, 0.2) is 29.6 Å². The molecule has 0 spiro atoms. The molecule has 1 aromatic carbocycles. The first kappa shape index (κ1) is 10.8. The minimum absolute atomic E-state index is 0.752. The van der Waals surface area contributed by atoms with Crippen molar-refractivity contribution in [1.82, 2.24) is 0 Å². The van der Waals surface area contributed by atoms with Crippen LogP contribution in [0.3, 0.4) is 0 Å². The van der Waals surface area contributed by atoms with Crippen molar-refractivity contribution in [2.24, 2.45) is 0 Å². The molecule has 1 atom stereocenters. The zero-order valence-corrected chi connectivity index (χ0v) is 10.6. The highest BCUT2D eigenvalue weighted by atomic mass is 32.1. The Labute approximate surface area is 105 Å². The lowest BCUT2D eigenvalue weighted by Crippen LogP contribution is -2.23. The minimum atomic E-state index is -0.812. The van der Waals surface area contributed by atoms with Gasteiger partial charge in [-0.3, -0.25) is 0 Å². The summed E-state index contributed by atoms with van der Waals surface area (Å²) in [5, 5.41) is 12.9. The van der Waals surface area contributed by atoms with Gasteiger partial charge in [-0.1, -0.05) is 6.07 Å². The summed E-state index contributed by atoms with van der Waals surface area (Å²) in [5.74, 6) is 0. The Balaban J connectivity index is 2.13. The third-order valence-electron chi connectivity index (χ3n) is 3.54. The third kappa shape index (κ3) is 1.58. The smallest absolute Gasteiger partial charge is 0.116 e. The van der Waals surface area contributed by atoms with Crippen molar-refractivity contribution in [2.75, 3.05) is 5.73 Å². The van der Waals surface area contributed by atoms with Crippen molar-refractivity contribution in [3.05, 3.63) is 51.2 Å². The molecular formula is C14H15NOS. The summed E-state index contributed by atoms with van der Waals surface area (Å²) in [7, 11) is 0. The van der Waals surface area contributed by atoms with Crippen LogP contribution in [0.4, 0.5) is 5.69 Å². The number of aryl methyl sites for hydroxylation is 2. The van der Waals surface area contributed by atoms with Gasteiger partial charge in [0, 0.05) is 10.6 Å². The molecule has 1 aromatic heterocycles. The molecule has 0 saturated heterocycles. The molecule has 2 nitrogen and oxygen atoms in total. The molecule has 1 aliphatic carbocycles. The lowest BCUT2D eigenvalue weighted by molar-refractivity contribution is 0.0834. The van der Waals surface area contributed by atoms with E-state index in [1.807, 2.05) is 18.2 Å². The van der Waals surface area contributed by atoms with Crippen LogP contribution in [-0.2, 0) is 12.0 Å². The quantitative estimate of drug-likeness (QED) is 0.759. The molecule has 3 N–H and O–H groups in total. The fraction of sp³-hybridized carbons (Fsp3) is 0.286. The maximum atomic E-state index is 10.9. The number of rotatable bonds is 1. The van der Waals surface area contributed by atoms with E-state index in [2.05, 4.69) is 18.4 Å². The standard InChI is InChI=1S/C14H15NOS/c1-9-6-11(8-17-9)14(16)5-4-10-7-12(15)2-3-13(10)14/h2-3,6-8,16H,4-5,15H2,1H3. The summed E-state index contributed by atoms with van der Waals surface area (Å²) in [5.41, 5.74) is 8.96. The van der Waals surface area contributed by atoms with Gasteiger partial charge in [0.15, 0.2) is 0 Å². The summed E-state index contributed by atoms with van der Waals surface area (Å²) in [6.45, 7) is 2.07. The van der Waals surface area contributed by atoms with E-state index in [0.717, 1.165) is 29.7 Å². The third-order valence-corrected chi connectivity index (χ3v) is 4.40. The van der Waals surface area contributed by atoms with Gasteiger partial charge in [-0.15, -0.1) is 11.3 Å². The van der Waals surface area contributed by atoms with Gasteiger partial charge in [-0.2, -0.15) is 0 Å².